The van der Waals surface area contributed by atoms with Gasteiger partial charge in [-0.05, 0) is 90.8 Å². The maximum atomic E-state index is 14.2. The van der Waals surface area contributed by atoms with Gasteiger partial charge in [0.25, 0.3) is 0 Å². The van der Waals surface area contributed by atoms with E-state index in [1.54, 1.807) is 18.3 Å². The Labute approximate surface area is 203 Å². The molecule has 0 aliphatic heterocycles. The van der Waals surface area contributed by atoms with Crippen molar-refractivity contribution < 1.29 is 18.6 Å². The summed E-state index contributed by atoms with van der Waals surface area (Å²) in [4.78, 5) is 9.30. The fraction of sp³-hybridized carbons (Fsp3) is 0.261. The van der Waals surface area contributed by atoms with Crippen molar-refractivity contribution in [2.24, 2.45) is 0 Å². The highest BCUT2D eigenvalue weighted by molar-refractivity contribution is 9.10. The number of ether oxygens (including phenoxy) is 1. The predicted octanol–water partition coefficient (Wildman–Crippen LogP) is 7.97. The second-order valence-corrected chi connectivity index (χ2v) is 10.3. The summed E-state index contributed by atoms with van der Waals surface area (Å²) in [7, 11) is 0. The number of hydrogen-bond donors (Lipinski definition) is 1. The zero-order chi connectivity index (χ0) is 23.3. The molecule has 1 heterocycles. The molecule has 0 bridgehead atoms. The molecule has 0 saturated carbocycles. The second-order valence-electron chi connectivity index (χ2n) is 7.88. The third-order valence-corrected chi connectivity index (χ3v) is 6.53. The highest BCUT2D eigenvalue weighted by atomic mass is 79.9. The Morgan fingerprint density at radius 3 is 2.50 bits per heavy atom. The summed E-state index contributed by atoms with van der Waals surface area (Å²) in [5, 5.41) is 3.21. The van der Waals surface area contributed by atoms with Gasteiger partial charge in [0.05, 0.1) is 10.9 Å². The van der Waals surface area contributed by atoms with Gasteiger partial charge in [-0.2, -0.15) is 0 Å². The average molecular weight is 544 g/mol. The van der Waals surface area contributed by atoms with Crippen LogP contribution in [-0.2, 0) is 4.74 Å². The number of nitrogens with one attached hydrogen (secondary N) is 1. The van der Waals surface area contributed by atoms with Gasteiger partial charge in [-0.3, -0.25) is 4.94 Å². The topological polar surface area (TPSA) is 43.4 Å². The van der Waals surface area contributed by atoms with Crippen LogP contribution in [0.15, 0.2) is 64.1 Å². The van der Waals surface area contributed by atoms with Crippen LogP contribution in [0.1, 0.15) is 37.1 Å². The van der Waals surface area contributed by atoms with E-state index in [1.807, 2.05) is 39.0 Å². The van der Waals surface area contributed by atoms with Gasteiger partial charge in [-0.15, -0.1) is 11.8 Å². The molecule has 1 unspecified atom stereocenters. The summed E-state index contributed by atoms with van der Waals surface area (Å²) in [5.74, 6) is 0.00466. The first-order valence-electron chi connectivity index (χ1n) is 9.70. The van der Waals surface area contributed by atoms with Gasteiger partial charge >= 0.3 is 0 Å². The van der Waals surface area contributed by atoms with E-state index in [2.05, 4.69) is 31.2 Å². The highest BCUT2D eigenvalue weighted by Crippen LogP contribution is 2.47. The molecule has 170 valence electrons. The monoisotopic (exact) mass is 542 g/mol. The number of anilines is 1. The zero-order valence-electron chi connectivity index (χ0n) is 17.7. The lowest BCUT2D eigenvalue weighted by atomic mass is 10.0. The van der Waals surface area contributed by atoms with Crippen LogP contribution in [-0.4, -0.2) is 17.3 Å². The lowest BCUT2D eigenvalue weighted by molar-refractivity contribution is -0.00733. The molecule has 9 heteroatoms. The van der Waals surface area contributed by atoms with Crippen LogP contribution in [0.3, 0.4) is 0 Å². The van der Waals surface area contributed by atoms with E-state index < -0.39 is 11.1 Å². The van der Waals surface area contributed by atoms with Crippen molar-refractivity contribution in [1.29, 1.82) is 0 Å². The van der Waals surface area contributed by atoms with Crippen molar-refractivity contribution in [2.45, 2.75) is 36.5 Å². The van der Waals surface area contributed by atoms with Crippen molar-refractivity contribution >= 4 is 45.1 Å². The first-order chi connectivity index (χ1) is 15.2. The van der Waals surface area contributed by atoms with Gasteiger partial charge in [0.2, 0.25) is 0 Å². The molecule has 2 aromatic carbocycles. The Kier molecular flexibility index (Phi) is 8.38. The average Bonchev–Trinajstić information content (AvgIpc) is 2.74. The Balaban J connectivity index is 2.02. The summed E-state index contributed by atoms with van der Waals surface area (Å²) < 4.78 is 33.9. The number of aromatic nitrogens is 1. The van der Waals surface area contributed by atoms with Crippen LogP contribution in [0.25, 0.3) is 0 Å². The molecule has 0 amide bonds. The molecule has 0 fully saturated rings. The van der Waals surface area contributed by atoms with Crippen molar-refractivity contribution in [3.8, 4) is 5.75 Å². The van der Waals surface area contributed by atoms with E-state index in [-0.39, 0.29) is 18.1 Å². The predicted molar refractivity (Wildman–Crippen MR) is 129 cm³/mol. The van der Waals surface area contributed by atoms with Crippen LogP contribution in [0.5, 0.6) is 5.75 Å². The van der Waals surface area contributed by atoms with Gasteiger partial charge < -0.3 is 10.1 Å². The highest BCUT2D eigenvalue weighted by Gasteiger charge is 2.24. The maximum Gasteiger partial charge on any atom is 0.176 e. The standard InChI is InChI=1S/C23H22BrClF2N2O2S/c1-23(2,3)30-13-29-21-11-17(19(24)12-28-21)22(32-16-7-4-14(25)5-8-16)18-10-15(26)6-9-20(18)31-27/h4-12,22H,13H2,1-3H3,(H,28,29). The normalized spacial score (nSPS) is 12.5. The molecule has 1 atom stereocenters. The quantitative estimate of drug-likeness (QED) is 0.231. The van der Waals surface area contributed by atoms with E-state index in [9.17, 15) is 8.92 Å². The molecule has 0 saturated heterocycles. The fourth-order valence-electron chi connectivity index (χ4n) is 2.82. The van der Waals surface area contributed by atoms with Crippen molar-refractivity contribution in [3.63, 3.8) is 0 Å². The number of pyridine rings is 1. The van der Waals surface area contributed by atoms with Crippen LogP contribution >= 0.6 is 39.3 Å². The number of benzene rings is 2. The Morgan fingerprint density at radius 2 is 1.84 bits per heavy atom. The molecule has 4 nitrogen and oxygen atoms in total. The first-order valence-corrected chi connectivity index (χ1v) is 11.7. The second kappa shape index (κ2) is 10.8. The lowest BCUT2D eigenvalue weighted by Crippen LogP contribution is -2.23. The Hall–Kier alpha value is -1.87. The number of hydrogen-bond acceptors (Lipinski definition) is 5. The van der Waals surface area contributed by atoms with Crippen LogP contribution in [0.2, 0.25) is 5.02 Å². The minimum atomic E-state index is -0.515. The minimum absolute atomic E-state index is 0.0628. The molecule has 0 radical (unpaired) electrons. The smallest absolute Gasteiger partial charge is 0.176 e. The molecule has 0 aliphatic rings. The maximum absolute atomic E-state index is 14.2. The molecule has 0 spiro atoms. The summed E-state index contributed by atoms with van der Waals surface area (Å²) >= 11 is 11.0. The number of halogens is 4. The number of thioether (sulfide) groups is 1. The van der Waals surface area contributed by atoms with Crippen molar-refractivity contribution in [1.82, 2.24) is 4.98 Å². The fourth-order valence-corrected chi connectivity index (χ4v) is 4.74. The summed E-state index contributed by atoms with van der Waals surface area (Å²) in [6.45, 7) is 6.12. The minimum Gasteiger partial charge on any atom is -0.356 e. The van der Waals surface area contributed by atoms with E-state index in [1.165, 1.54) is 23.9 Å². The molecule has 3 aromatic rings. The largest absolute Gasteiger partial charge is 0.356 e. The first kappa shape index (κ1) is 24.8. The third kappa shape index (κ3) is 6.81. The molecule has 1 N–H and O–H groups in total. The zero-order valence-corrected chi connectivity index (χ0v) is 20.8. The van der Waals surface area contributed by atoms with Gasteiger partial charge in [0, 0.05) is 30.7 Å². The lowest BCUT2D eigenvalue weighted by Gasteiger charge is -2.22. The van der Waals surface area contributed by atoms with Crippen LogP contribution < -0.4 is 10.3 Å². The third-order valence-electron chi connectivity index (χ3n) is 4.33. The van der Waals surface area contributed by atoms with E-state index >= 15 is 0 Å². The number of rotatable bonds is 8. The SMILES string of the molecule is CC(C)(C)OCNc1cc(C(Sc2ccc(Cl)cc2)c2cc(F)ccc2OF)c(Br)cn1. The summed E-state index contributed by atoms with van der Waals surface area (Å²) in [6.07, 6.45) is 1.64. The van der Waals surface area contributed by atoms with Gasteiger partial charge in [-0.1, -0.05) is 11.6 Å². The summed E-state index contributed by atoms with van der Waals surface area (Å²) in [5.41, 5.74) is 0.783. The molecule has 3 rings (SSSR count). The van der Waals surface area contributed by atoms with Gasteiger partial charge in [0.1, 0.15) is 18.4 Å². The summed E-state index contributed by atoms with van der Waals surface area (Å²) in [6, 6.07) is 12.7. The Morgan fingerprint density at radius 1 is 1.12 bits per heavy atom. The molecule has 32 heavy (non-hydrogen) atoms. The van der Waals surface area contributed by atoms with Crippen LogP contribution in [0.4, 0.5) is 14.7 Å². The van der Waals surface area contributed by atoms with Crippen molar-refractivity contribution in [3.05, 3.63) is 81.2 Å². The van der Waals surface area contributed by atoms with E-state index in [0.29, 0.717) is 20.9 Å². The number of nitrogens with zero attached hydrogens (tertiary/aromatic N) is 1. The van der Waals surface area contributed by atoms with E-state index in [0.717, 1.165) is 16.5 Å². The molecule has 1 aromatic heterocycles. The van der Waals surface area contributed by atoms with Gasteiger partial charge in [0.15, 0.2) is 5.75 Å². The molecular weight excluding hydrogens is 522 g/mol. The van der Waals surface area contributed by atoms with E-state index in [4.69, 9.17) is 16.3 Å². The van der Waals surface area contributed by atoms with Crippen molar-refractivity contribution in [2.75, 3.05) is 12.0 Å². The van der Waals surface area contributed by atoms with Crippen LogP contribution in [0, 0.1) is 5.82 Å². The molecule has 0 aliphatic carbocycles. The van der Waals surface area contributed by atoms with Gasteiger partial charge in [-0.25, -0.2) is 9.37 Å². The Bertz CT molecular complexity index is 1060. The molecular formula is C23H22BrClF2N2O2S.